The number of nitrogens with two attached hydrogens (primary N) is 1. The quantitative estimate of drug-likeness (QED) is 0.857. The van der Waals surface area contributed by atoms with E-state index in [9.17, 15) is 4.79 Å². The molecule has 1 aliphatic heterocycles. The number of thiophene rings is 1. The number of amides is 1. The van der Waals surface area contributed by atoms with Gasteiger partial charge in [0.05, 0.1) is 6.04 Å². The van der Waals surface area contributed by atoms with Crippen molar-refractivity contribution >= 4 is 17.2 Å². The molecule has 2 N–H and O–H groups in total. The van der Waals surface area contributed by atoms with Crippen LogP contribution >= 0.6 is 11.3 Å². The summed E-state index contributed by atoms with van der Waals surface area (Å²) in [4.78, 5) is 16.3. The van der Waals surface area contributed by atoms with Crippen LogP contribution in [0.25, 0.3) is 0 Å². The molecule has 2 heterocycles. The Balaban J connectivity index is 2.33. The minimum Gasteiger partial charge on any atom is -0.331 e. The second-order valence-electron chi connectivity index (χ2n) is 4.66. The van der Waals surface area contributed by atoms with Gasteiger partial charge in [-0.1, -0.05) is 0 Å². The van der Waals surface area contributed by atoms with Crippen LogP contribution in [0.5, 0.6) is 0 Å². The minimum atomic E-state index is -0.0621. The highest BCUT2D eigenvalue weighted by atomic mass is 32.1. The molecule has 2 rings (SSSR count). The number of aryl methyl sites for hydroxylation is 1. The Morgan fingerprint density at radius 3 is 2.69 bits per heavy atom. The van der Waals surface area contributed by atoms with Crippen LogP contribution in [-0.2, 0) is 4.79 Å². The van der Waals surface area contributed by atoms with Gasteiger partial charge in [-0.05, 0) is 32.9 Å². The lowest BCUT2D eigenvalue weighted by Gasteiger charge is -2.29. The van der Waals surface area contributed by atoms with E-state index in [0.29, 0.717) is 6.42 Å². The molecule has 16 heavy (non-hydrogen) atoms. The number of likely N-dealkylation sites (tertiary alicyclic amines) is 1. The summed E-state index contributed by atoms with van der Waals surface area (Å²) in [5.41, 5.74) is 6.08. The lowest BCUT2D eigenvalue weighted by Crippen LogP contribution is -2.37. The van der Waals surface area contributed by atoms with Crippen LogP contribution < -0.4 is 5.73 Å². The Labute approximate surface area is 100 Å². The second kappa shape index (κ2) is 4.18. The summed E-state index contributed by atoms with van der Waals surface area (Å²) >= 11 is 1.74. The number of hydrogen-bond acceptors (Lipinski definition) is 3. The largest absolute Gasteiger partial charge is 0.331 e. The fourth-order valence-electron chi connectivity index (χ4n) is 2.35. The van der Waals surface area contributed by atoms with Crippen LogP contribution in [-0.4, -0.2) is 22.9 Å². The molecule has 0 spiro atoms. The average Bonchev–Trinajstić information content (AvgIpc) is 2.69. The summed E-state index contributed by atoms with van der Waals surface area (Å²) in [5, 5.41) is 0. The van der Waals surface area contributed by atoms with E-state index < -0.39 is 0 Å². The maximum absolute atomic E-state index is 11.9. The minimum absolute atomic E-state index is 0.0621. The number of rotatable bonds is 2. The molecule has 0 aromatic carbocycles. The van der Waals surface area contributed by atoms with E-state index in [-0.39, 0.29) is 24.0 Å². The lowest BCUT2D eigenvalue weighted by molar-refractivity contribution is -0.130. The van der Waals surface area contributed by atoms with E-state index >= 15 is 0 Å². The third-order valence-electron chi connectivity index (χ3n) is 3.01. The lowest BCUT2D eigenvalue weighted by atomic mass is 10.1. The van der Waals surface area contributed by atoms with Crippen LogP contribution in [0, 0.1) is 6.92 Å². The zero-order chi connectivity index (χ0) is 11.9. The summed E-state index contributed by atoms with van der Waals surface area (Å²) in [6.45, 7) is 6.17. The monoisotopic (exact) mass is 238 g/mol. The average molecular weight is 238 g/mol. The van der Waals surface area contributed by atoms with Crippen molar-refractivity contribution in [2.24, 2.45) is 5.73 Å². The zero-order valence-electron chi connectivity index (χ0n) is 9.93. The van der Waals surface area contributed by atoms with Crippen molar-refractivity contribution in [1.82, 2.24) is 4.90 Å². The Bertz CT molecular complexity index is 399. The molecule has 1 saturated heterocycles. The fourth-order valence-corrected chi connectivity index (χ4v) is 3.40. The highest BCUT2D eigenvalue weighted by molar-refractivity contribution is 7.12. The third kappa shape index (κ3) is 1.87. The van der Waals surface area contributed by atoms with Crippen LogP contribution in [0.15, 0.2) is 12.1 Å². The first-order valence-corrected chi connectivity index (χ1v) is 6.45. The van der Waals surface area contributed by atoms with Crippen LogP contribution in [0.2, 0.25) is 0 Å². The molecular formula is C12H18N2OS. The van der Waals surface area contributed by atoms with Crippen molar-refractivity contribution in [3.05, 3.63) is 21.9 Å². The Hall–Kier alpha value is -0.870. The summed E-state index contributed by atoms with van der Waals surface area (Å²) < 4.78 is 0. The summed E-state index contributed by atoms with van der Waals surface area (Å²) in [7, 11) is 0. The van der Waals surface area contributed by atoms with Gasteiger partial charge in [0.2, 0.25) is 5.91 Å². The van der Waals surface area contributed by atoms with Gasteiger partial charge in [-0.25, -0.2) is 0 Å². The van der Waals surface area contributed by atoms with Crippen molar-refractivity contribution in [3.63, 3.8) is 0 Å². The van der Waals surface area contributed by atoms with Gasteiger partial charge in [0.15, 0.2) is 0 Å². The van der Waals surface area contributed by atoms with Crippen LogP contribution in [0.4, 0.5) is 0 Å². The molecule has 2 atom stereocenters. The molecule has 0 bridgehead atoms. The molecule has 1 aromatic rings. The first-order valence-electron chi connectivity index (χ1n) is 5.63. The van der Waals surface area contributed by atoms with E-state index in [0.717, 1.165) is 0 Å². The van der Waals surface area contributed by atoms with Gasteiger partial charge < -0.3 is 10.6 Å². The summed E-state index contributed by atoms with van der Waals surface area (Å²) in [5.74, 6) is 0.179. The van der Waals surface area contributed by atoms with E-state index in [4.69, 9.17) is 5.73 Å². The number of nitrogens with zero attached hydrogens (tertiary/aromatic N) is 1. The number of carbonyl (C=O) groups is 1. The second-order valence-corrected chi connectivity index (χ2v) is 5.98. The van der Waals surface area contributed by atoms with Gasteiger partial charge >= 0.3 is 0 Å². The Morgan fingerprint density at radius 1 is 1.50 bits per heavy atom. The molecule has 0 aliphatic carbocycles. The van der Waals surface area contributed by atoms with Gasteiger partial charge in [0.25, 0.3) is 0 Å². The normalized spacial score (nSPS) is 25.8. The molecule has 2 unspecified atom stereocenters. The topological polar surface area (TPSA) is 46.3 Å². The molecule has 1 aliphatic rings. The predicted octanol–water partition coefficient (Wildman–Crippen LogP) is 2.07. The van der Waals surface area contributed by atoms with Gasteiger partial charge in [-0.3, -0.25) is 4.79 Å². The fraction of sp³-hybridized carbons (Fsp3) is 0.583. The summed E-state index contributed by atoms with van der Waals surface area (Å²) in [6.07, 6.45) is 0.472. The molecular weight excluding hydrogens is 220 g/mol. The highest BCUT2D eigenvalue weighted by Gasteiger charge is 2.40. The molecule has 4 heteroatoms. The standard InChI is InChI=1S/C12H18N2OS/c1-7(2)14-11(15)6-9(13)12(14)10-5-4-8(3)16-10/h4-5,7,9,12H,6,13H2,1-3H3. The van der Waals surface area contributed by atoms with Crippen molar-refractivity contribution in [2.45, 2.75) is 45.3 Å². The Kier molecular flexibility index (Phi) is 3.04. The zero-order valence-corrected chi connectivity index (χ0v) is 10.8. The maximum Gasteiger partial charge on any atom is 0.225 e. The SMILES string of the molecule is Cc1ccc(C2C(N)CC(=O)N2C(C)C)s1. The molecule has 1 aromatic heterocycles. The molecule has 88 valence electrons. The van der Waals surface area contributed by atoms with E-state index in [1.54, 1.807) is 11.3 Å². The molecule has 1 fully saturated rings. The molecule has 0 saturated carbocycles. The number of carbonyl (C=O) groups excluding carboxylic acids is 1. The molecule has 0 radical (unpaired) electrons. The van der Waals surface area contributed by atoms with Gasteiger partial charge in [0.1, 0.15) is 0 Å². The highest BCUT2D eigenvalue weighted by Crippen LogP contribution is 2.36. The van der Waals surface area contributed by atoms with Crippen LogP contribution in [0.1, 0.15) is 36.1 Å². The van der Waals surface area contributed by atoms with E-state index in [2.05, 4.69) is 19.1 Å². The maximum atomic E-state index is 11.9. The first kappa shape index (κ1) is 11.6. The third-order valence-corrected chi connectivity index (χ3v) is 4.08. The van der Waals surface area contributed by atoms with Crippen LogP contribution in [0.3, 0.4) is 0 Å². The van der Waals surface area contributed by atoms with Gasteiger partial charge in [0, 0.05) is 28.3 Å². The first-order chi connectivity index (χ1) is 7.50. The van der Waals surface area contributed by atoms with Crippen molar-refractivity contribution in [2.75, 3.05) is 0 Å². The Morgan fingerprint density at radius 2 is 2.19 bits per heavy atom. The summed E-state index contributed by atoms with van der Waals surface area (Å²) in [6, 6.07) is 4.42. The van der Waals surface area contributed by atoms with Crippen molar-refractivity contribution < 1.29 is 4.79 Å². The van der Waals surface area contributed by atoms with E-state index in [1.165, 1.54) is 9.75 Å². The van der Waals surface area contributed by atoms with Gasteiger partial charge in [-0.15, -0.1) is 11.3 Å². The molecule has 1 amide bonds. The molecule has 3 nitrogen and oxygen atoms in total. The van der Waals surface area contributed by atoms with Crippen molar-refractivity contribution in [1.29, 1.82) is 0 Å². The van der Waals surface area contributed by atoms with Gasteiger partial charge in [-0.2, -0.15) is 0 Å². The predicted molar refractivity (Wildman–Crippen MR) is 66.4 cm³/mol. The van der Waals surface area contributed by atoms with Crippen molar-refractivity contribution in [3.8, 4) is 0 Å². The van der Waals surface area contributed by atoms with E-state index in [1.807, 2.05) is 18.7 Å². The number of hydrogen-bond donors (Lipinski definition) is 1. The smallest absolute Gasteiger partial charge is 0.225 e.